The molecule has 1 fully saturated rings. The highest BCUT2D eigenvalue weighted by atomic mass is 16.5. The van der Waals surface area contributed by atoms with Crippen molar-refractivity contribution in [2.75, 3.05) is 26.2 Å². The highest BCUT2D eigenvalue weighted by Crippen LogP contribution is 2.24. The number of aryl methyl sites for hydroxylation is 1. The second-order valence-corrected chi connectivity index (χ2v) is 5.92. The lowest BCUT2D eigenvalue weighted by Crippen LogP contribution is -2.33. The van der Waals surface area contributed by atoms with Crippen LogP contribution >= 0.6 is 0 Å². The van der Waals surface area contributed by atoms with Crippen molar-refractivity contribution in [3.05, 3.63) is 29.3 Å². The molecule has 19 heavy (non-hydrogen) atoms. The van der Waals surface area contributed by atoms with Crippen molar-refractivity contribution in [2.24, 2.45) is 0 Å². The molecule has 0 bridgehead atoms. The molecule has 2 heteroatoms. The molecule has 0 spiro atoms. The first-order chi connectivity index (χ1) is 9.16. The van der Waals surface area contributed by atoms with Crippen LogP contribution in [0.15, 0.2) is 18.2 Å². The molecule has 1 aliphatic heterocycles. The lowest BCUT2D eigenvalue weighted by Gasteiger charge is -2.26. The molecule has 2 rings (SSSR count). The fraction of sp³-hybridized carbons (Fsp3) is 0.647. The van der Waals surface area contributed by atoms with Gasteiger partial charge in [0.25, 0.3) is 0 Å². The average molecular weight is 261 g/mol. The van der Waals surface area contributed by atoms with E-state index in [0.717, 1.165) is 18.9 Å². The molecule has 1 aliphatic rings. The van der Waals surface area contributed by atoms with Crippen molar-refractivity contribution in [2.45, 2.75) is 46.0 Å². The number of hydrogen-bond donors (Lipinski definition) is 0. The maximum atomic E-state index is 5.91. The SMILES string of the molecule is Cc1ccc(OCCN2CCCCC2)cc1C(C)C. The minimum absolute atomic E-state index is 0.561. The Morgan fingerprint density at radius 3 is 2.58 bits per heavy atom. The van der Waals surface area contributed by atoms with E-state index in [1.165, 1.54) is 43.5 Å². The Labute approximate surface area is 117 Å². The molecule has 1 aromatic carbocycles. The van der Waals surface area contributed by atoms with E-state index in [1.807, 2.05) is 0 Å². The van der Waals surface area contributed by atoms with Crippen LogP contribution in [0.3, 0.4) is 0 Å². The Balaban J connectivity index is 1.83. The van der Waals surface area contributed by atoms with Crippen molar-refractivity contribution < 1.29 is 4.74 Å². The van der Waals surface area contributed by atoms with Gasteiger partial charge in [-0.25, -0.2) is 0 Å². The molecule has 1 saturated heterocycles. The third-order valence-electron chi connectivity index (χ3n) is 4.00. The normalized spacial score (nSPS) is 16.8. The number of benzene rings is 1. The largest absolute Gasteiger partial charge is 0.492 e. The highest BCUT2D eigenvalue weighted by molar-refractivity contribution is 5.36. The molecule has 1 aromatic rings. The molecule has 0 radical (unpaired) electrons. The highest BCUT2D eigenvalue weighted by Gasteiger charge is 2.10. The molecule has 0 N–H and O–H groups in total. The summed E-state index contributed by atoms with van der Waals surface area (Å²) >= 11 is 0. The van der Waals surface area contributed by atoms with Crippen LogP contribution in [0.1, 0.15) is 50.2 Å². The third kappa shape index (κ3) is 4.24. The summed E-state index contributed by atoms with van der Waals surface area (Å²) < 4.78 is 5.91. The van der Waals surface area contributed by atoms with Gasteiger partial charge in [0.15, 0.2) is 0 Å². The average Bonchev–Trinajstić information content (AvgIpc) is 2.41. The standard InChI is InChI=1S/C17H27NO/c1-14(2)17-13-16(8-7-15(17)3)19-12-11-18-9-5-4-6-10-18/h7-8,13-14H,4-6,9-12H2,1-3H3. The maximum absolute atomic E-state index is 5.91. The first-order valence-electron chi connectivity index (χ1n) is 7.62. The van der Waals surface area contributed by atoms with Gasteiger partial charge in [0.05, 0.1) is 0 Å². The Morgan fingerprint density at radius 1 is 1.16 bits per heavy atom. The summed E-state index contributed by atoms with van der Waals surface area (Å²) in [6.07, 6.45) is 4.09. The van der Waals surface area contributed by atoms with Gasteiger partial charge >= 0.3 is 0 Å². The van der Waals surface area contributed by atoms with E-state index in [0.29, 0.717) is 5.92 Å². The quantitative estimate of drug-likeness (QED) is 0.795. The molecule has 0 amide bonds. The Morgan fingerprint density at radius 2 is 1.89 bits per heavy atom. The topological polar surface area (TPSA) is 12.5 Å². The molecule has 0 aliphatic carbocycles. The molecule has 2 nitrogen and oxygen atoms in total. The second-order valence-electron chi connectivity index (χ2n) is 5.92. The zero-order valence-electron chi connectivity index (χ0n) is 12.6. The second kappa shape index (κ2) is 6.95. The van der Waals surface area contributed by atoms with E-state index in [-0.39, 0.29) is 0 Å². The number of ether oxygens (including phenoxy) is 1. The molecular formula is C17H27NO. The smallest absolute Gasteiger partial charge is 0.119 e. The van der Waals surface area contributed by atoms with Crippen molar-refractivity contribution in [3.63, 3.8) is 0 Å². The summed E-state index contributed by atoms with van der Waals surface area (Å²) in [5.41, 5.74) is 2.76. The van der Waals surface area contributed by atoms with E-state index in [9.17, 15) is 0 Å². The summed E-state index contributed by atoms with van der Waals surface area (Å²) in [6.45, 7) is 11.0. The molecular weight excluding hydrogens is 234 g/mol. The van der Waals surface area contributed by atoms with Crippen molar-refractivity contribution in [3.8, 4) is 5.75 Å². The van der Waals surface area contributed by atoms with Gasteiger partial charge in [-0.05, 0) is 62.0 Å². The van der Waals surface area contributed by atoms with E-state index in [2.05, 4.69) is 43.9 Å². The molecule has 106 valence electrons. The van der Waals surface area contributed by atoms with Crippen molar-refractivity contribution in [1.82, 2.24) is 4.90 Å². The van der Waals surface area contributed by atoms with Crippen LogP contribution in [-0.2, 0) is 0 Å². The Hall–Kier alpha value is -1.02. The van der Waals surface area contributed by atoms with Gasteiger partial charge in [0, 0.05) is 6.54 Å². The van der Waals surface area contributed by atoms with Crippen LogP contribution < -0.4 is 4.74 Å². The summed E-state index contributed by atoms with van der Waals surface area (Å²) in [4.78, 5) is 2.51. The number of rotatable bonds is 5. The molecule has 0 aromatic heterocycles. The van der Waals surface area contributed by atoms with Crippen LogP contribution in [0.25, 0.3) is 0 Å². The summed E-state index contributed by atoms with van der Waals surface area (Å²) in [5.74, 6) is 1.58. The third-order valence-corrected chi connectivity index (χ3v) is 4.00. The van der Waals surface area contributed by atoms with Gasteiger partial charge in [-0.2, -0.15) is 0 Å². The predicted molar refractivity (Wildman–Crippen MR) is 81.1 cm³/mol. The van der Waals surface area contributed by atoms with Gasteiger partial charge in [-0.1, -0.05) is 26.3 Å². The number of hydrogen-bond acceptors (Lipinski definition) is 2. The number of nitrogens with zero attached hydrogens (tertiary/aromatic N) is 1. The van der Waals surface area contributed by atoms with E-state index >= 15 is 0 Å². The maximum Gasteiger partial charge on any atom is 0.119 e. The molecule has 1 heterocycles. The van der Waals surface area contributed by atoms with Gasteiger partial charge in [-0.15, -0.1) is 0 Å². The zero-order valence-corrected chi connectivity index (χ0v) is 12.6. The van der Waals surface area contributed by atoms with Crippen molar-refractivity contribution in [1.29, 1.82) is 0 Å². The van der Waals surface area contributed by atoms with E-state index < -0.39 is 0 Å². The van der Waals surface area contributed by atoms with Gasteiger partial charge in [0.2, 0.25) is 0 Å². The predicted octanol–water partition coefficient (Wildman–Crippen LogP) is 3.98. The fourth-order valence-corrected chi connectivity index (χ4v) is 2.81. The lowest BCUT2D eigenvalue weighted by atomic mass is 9.98. The number of likely N-dealkylation sites (tertiary alicyclic amines) is 1. The van der Waals surface area contributed by atoms with Crippen LogP contribution in [0.2, 0.25) is 0 Å². The summed E-state index contributed by atoms with van der Waals surface area (Å²) in [7, 11) is 0. The molecule has 0 unspecified atom stereocenters. The monoisotopic (exact) mass is 261 g/mol. The first-order valence-corrected chi connectivity index (χ1v) is 7.62. The number of piperidine rings is 1. The van der Waals surface area contributed by atoms with Crippen LogP contribution in [0, 0.1) is 6.92 Å². The Bertz CT molecular complexity index is 394. The lowest BCUT2D eigenvalue weighted by molar-refractivity contribution is 0.183. The minimum atomic E-state index is 0.561. The first kappa shape index (κ1) is 14.4. The minimum Gasteiger partial charge on any atom is -0.492 e. The van der Waals surface area contributed by atoms with E-state index in [4.69, 9.17) is 4.74 Å². The van der Waals surface area contributed by atoms with Gasteiger partial charge < -0.3 is 4.74 Å². The van der Waals surface area contributed by atoms with E-state index in [1.54, 1.807) is 0 Å². The van der Waals surface area contributed by atoms with Crippen molar-refractivity contribution >= 4 is 0 Å². The van der Waals surface area contributed by atoms with Crippen LogP contribution in [0.4, 0.5) is 0 Å². The van der Waals surface area contributed by atoms with Gasteiger partial charge in [0.1, 0.15) is 12.4 Å². The Kier molecular flexibility index (Phi) is 5.26. The van der Waals surface area contributed by atoms with Crippen LogP contribution in [0.5, 0.6) is 5.75 Å². The van der Waals surface area contributed by atoms with Crippen LogP contribution in [-0.4, -0.2) is 31.1 Å². The molecule has 0 saturated carbocycles. The summed E-state index contributed by atoms with van der Waals surface area (Å²) in [5, 5.41) is 0. The van der Waals surface area contributed by atoms with Gasteiger partial charge in [-0.3, -0.25) is 4.90 Å². The summed E-state index contributed by atoms with van der Waals surface area (Å²) in [6, 6.07) is 6.47. The molecule has 0 atom stereocenters. The zero-order chi connectivity index (χ0) is 13.7. The fourth-order valence-electron chi connectivity index (χ4n) is 2.81.